The molecule has 1 rings (SSSR count). The smallest absolute Gasteiger partial charge is 0.0346 e. The van der Waals surface area contributed by atoms with E-state index in [0.29, 0.717) is 0 Å². The highest BCUT2D eigenvalue weighted by Gasteiger charge is 2.25. The Morgan fingerprint density at radius 2 is 2.06 bits per heavy atom. The van der Waals surface area contributed by atoms with E-state index < -0.39 is 0 Å². The van der Waals surface area contributed by atoms with Crippen molar-refractivity contribution in [3.8, 4) is 0 Å². The first-order valence-electron chi connectivity index (χ1n) is 5.84. The van der Waals surface area contributed by atoms with Gasteiger partial charge in [0.15, 0.2) is 0 Å². The fourth-order valence-electron chi connectivity index (χ4n) is 1.78. The molecule has 0 N–H and O–H groups in total. The van der Waals surface area contributed by atoms with Gasteiger partial charge in [0, 0.05) is 17.8 Å². The van der Waals surface area contributed by atoms with E-state index in [1.165, 1.54) is 5.57 Å². The first kappa shape index (κ1) is 13.4. The minimum absolute atomic E-state index is 0.0478. The van der Waals surface area contributed by atoms with Gasteiger partial charge in [0.1, 0.15) is 0 Å². The Labute approximate surface area is 105 Å². The second kappa shape index (κ2) is 5.13. The van der Waals surface area contributed by atoms with Crippen molar-refractivity contribution in [2.24, 2.45) is 5.41 Å². The van der Waals surface area contributed by atoms with Crippen LogP contribution in [0, 0.1) is 5.41 Å². The maximum atomic E-state index is 4.26. The molecular formula is C16H21N. The third-order valence-corrected chi connectivity index (χ3v) is 3.57. The van der Waals surface area contributed by atoms with Crippen LogP contribution in [0.2, 0.25) is 0 Å². The van der Waals surface area contributed by atoms with Crippen molar-refractivity contribution in [1.29, 1.82) is 0 Å². The molecule has 0 aromatic carbocycles. The van der Waals surface area contributed by atoms with Gasteiger partial charge >= 0.3 is 0 Å². The van der Waals surface area contributed by atoms with Crippen molar-refractivity contribution in [3.63, 3.8) is 0 Å². The second-order valence-electron chi connectivity index (χ2n) is 4.74. The van der Waals surface area contributed by atoms with Gasteiger partial charge in [-0.25, -0.2) is 0 Å². The molecule has 1 heteroatoms. The first-order chi connectivity index (χ1) is 7.95. The number of aromatic nitrogens is 1. The zero-order valence-electron chi connectivity index (χ0n) is 11.2. The van der Waals surface area contributed by atoms with Gasteiger partial charge in [-0.3, -0.25) is 4.98 Å². The minimum atomic E-state index is -0.0478. The molecule has 0 aliphatic heterocycles. The number of hydrogen-bond donors (Lipinski definition) is 0. The van der Waals surface area contributed by atoms with Crippen LogP contribution in [0.5, 0.6) is 0 Å². The average molecular weight is 227 g/mol. The van der Waals surface area contributed by atoms with E-state index in [2.05, 4.69) is 51.9 Å². The predicted octanol–water partition coefficient (Wildman–Crippen LogP) is 4.73. The molecule has 1 aromatic heterocycles. The van der Waals surface area contributed by atoms with Gasteiger partial charge in [-0.2, -0.15) is 0 Å². The van der Waals surface area contributed by atoms with E-state index in [4.69, 9.17) is 0 Å². The lowest BCUT2D eigenvalue weighted by atomic mass is 9.75. The largest absolute Gasteiger partial charge is 0.264 e. The molecule has 0 unspecified atom stereocenters. The summed E-state index contributed by atoms with van der Waals surface area (Å²) in [6.45, 7) is 16.7. The molecule has 0 amide bonds. The lowest BCUT2D eigenvalue weighted by Gasteiger charge is -2.29. The highest BCUT2D eigenvalue weighted by Crippen LogP contribution is 2.40. The third-order valence-electron chi connectivity index (χ3n) is 3.57. The first-order valence-corrected chi connectivity index (χ1v) is 5.84. The van der Waals surface area contributed by atoms with E-state index in [1.807, 2.05) is 18.3 Å². The van der Waals surface area contributed by atoms with Crippen molar-refractivity contribution in [3.05, 3.63) is 54.4 Å². The number of rotatable bonds is 4. The summed E-state index contributed by atoms with van der Waals surface area (Å²) in [5.74, 6) is 0. The summed E-state index contributed by atoms with van der Waals surface area (Å²) in [7, 11) is 0. The van der Waals surface area contributed by atoms with Crippen LogP contribution in [-0.4, -0.2) is 4.98 Å². The Balaban J connectivity index is 3.26. The predicted molar refractivity (Wildman–Crippen MR) is 76.6 cm³/mol. The van der Waals surface area contributed by atoms with E-state index in [1.54, 1.807) is 6.20 Å². The quantitative estimate of drug-likeness (QED) is 0.678. The molecule has 1 aromatic rings. The Morgan fingerprint density at radius 3 is 2.59 bits per heavy atom. The molecule has 0 bridgehead atoms. The molecule has 0 fully saturated rings. The fourth-order valence-corrected chi connectivity index (χ4v) is 1.78. The molecule has 0 saturated carbocycles. The minimum Gasteiger partial charge on any atom is -0.264 e. The number of nitrogens with zero attached hydrogens (tertiary/aromatic N) is 1. The fraction of sp³-hybridized carbons (Fsp3) is 0.312. The molecular weight excluding hydrogens is 206 g/mol. The highest BCUT2D eigenvalue weighted by atomic mass is 14.6. The Morgan fingerprint density at radius 1 is 1.41 bits per heavy atom. The molecule has 0 aliphatic carbocycles. The molecule has 90 valence electrons. The van der Waals surface area contributed by atoms with Crippen molar-refractivity contribution >= 4 is 11.6 Å². The number of hydrogen-bond acceptors (Lipinski definition) is 1. The van der Waals surface area contributed by atoms with Crippen LogP contribution in [0.15, 0.2) is 43.3 Å². The van der Waals surface area contributed by atoms with E-state index >= 15 is 0 Å². The highest BCUT2D eigenvalue weighted by molar-refractivity contribution is 5.76. The SMILES string of the molecule is C=Cc1cnccc1C(=C)C(C)(C)/C(C)=C/C. The molecule has 0 aliphatic rings. The topological polar surface area (TPSA) is 12.9 Å². The molecule has 0 atom stereocenters. The Hall–Kier alpha value is -1.63. The zero-order chi connectivity index (χ0) is 13.1. The van der Waals surface area contributed by atoms with Crippen molar-refractivity contribution in [2.75, 3.05) is 0 Å². The lowest BCUT2D eigenvalue weighted by Crippen LogP contribution is -2.15. The van der Waals surface area contributed by atoms with E-state index in [9.17, 15) is 0 Å². The number of pyridine rings is 1. The van der Waals surface area contributed by atoms with Gasteiger partial charge < -0.3 is 0 Å². The van der Waals surface area contributed by atoms with Gasteiger partial charge in [0.2, 0.25) is 0 Å². The van der Waals surface area contributed by atoms with Crippen molar-refractivity contribution < 1.29 is 0 Å². The summed E-state index contributed by atoms with van der Waals surface area (Å²) >= 11 is 0. The summed E-state index contributed by atoms with van der Waals surface area (Å²) in [6, 6.07) is 2.00. The lowest BCUT2D eigenvalue weighted by molar-refractivity contribution is 0.602. The van der Waals surface area contributed by atoms with Crippen molar-refractivity contribution in [2.45, 2.75) is 27.7 Å². The van der Waals surface area contributed by atoms with Crippen LogP contribution in [-0.2, 0) is 0 Å². The summed E-state index contributed by atoms with van der Waals surface area (Å²) in [5, 5.41) is 0. The van der Waals surface area contributed by atoms with Crippen LogP contribution in [0.3, 0.4) is 0 Å². The van der Waals surface area contributed by atoms with Crippen LogP contribution in [0.4, 0.5) is 0 Å². The monoisotopic (exact) mass is 227 g/mol. The third kappa shape index (κ3) is 2.55. The Bertz CT molecular complexity index is 464. The average Bonchev–Trinajstić information content (AvgIpc) is 2.36. The molecule has 0 radical (unpaired) electrons. The summed E-state index contributed by atoms with van der Waals surface area (Å²) < 4.78 is 0. The maximum absolute atomic E-state index is 4.26. The van der Waals surface area contributed by atoms with Crippen LogP contribution < -0.4 is 0 Å². The zero-order valence-corrected chi connectivity index (χ0v) is 11.2. The van der Waals surface area contributed by atoms with Gasteiger partial charge in [0.25, 0.3) is 0 Å². The molecule has 17 heavy (non-hydrogen) atoms. The molecule has 0 saturated heterocycles. The summed E-state index contributed by atoms with van der Waals surface area (Å²) in [6.07, 6.45) is 7.59. The van der Waals surface area contributed by atoms with E-state index in [-0.39, 0.29) is 5.41 Å². The van der Waals surface area contributed by atoms with Gasteiger partial charge in [-0.1, -0.05) is 44.7 Å². The van der Waals surface area contributed by atoms with E-state index in [0.717, 1.165) is 16.7 Å². The van der Waals surface area contributed by atoms with Crippen LogP contribution in [0.1, 0.15) is 38.8 Å². The van der Waals surface area contributed by atoms with Crippen LogP contribution >= 0.6 is 0 Å². The molecule has 1 heterocycles. The number of allylic oxidation sites excluding steroid dienone is 3. The van der Waals surface area contributed by atoms with Crippen LogP contribution in [0.25, 0.3) is 11.6 Å². The summed E-state index contributed by atoms with van der Waals surface area (Å²) in [4.78, 5) is 4.12. The van der Waals surface area contributed by atoms with Gasteiger partial charge in [0.05, 0.1) is 0 Å². The molecule has 0 spiro atoms. The second-order valence-corrected chi connectivity index (χ2v) is 4.74. The van der Waals surface area contributed by atoms with Crippen molar-refractivity contribution in [1.82, 2.24) is 4.98 Å². The normalized spacial score (nSPS) is 12.4. The van der Waals surface area contributed by atoms with Gasteiger partial charge in [-0.15, -0.1) is 0 Å². The summed E-state index contributed by atoms with van der Waals surface area (Å²) in [5.41, 5.74) is 4.53. The Kier molecular flexibility index (Phi) is 4.06. The maximum Gasteiger partial charge on any atom is 0.0346 e. The van der Waals surface area contributed by atoms with Gasteiger partial charge in [-0.05, 0) is 36.6 Å². The standard InChI is InChI=1S/C16H21N/c1-7-12(3)16(5,6)13(4)15-9-10-17-11-14(15)8-2/h7-11H,2,4H2,1,3,5-6H3/b12-7+. The molecule has 1 nitrogen and oxygen atoms in total.